The number of benzene rings is 3. The molecule has 0 saturated heterocycles. The van der Waals surface area contributed by atoms with Crippen molar-refractivity contribution in [1.82, 2.24) is 0 Å². The predicted molar refractivity (Wildman–Crippen MR) is 142 cm³/mol. The van der Waals surface area contributed by atoms with Crippen LogP contribution < -0.4 is 14.2 Å². The Morgan fingerprint density at radius 2 is 1.37 bits per heavy atom. The number of hydrogen-bond donors (Lipinski definition) is 0. The maximum Gasteiger partial charge on any atom is 0.343 e. The molecule has 4 nitrogen and oxygen atoms in total. The maximum atomic E-state index is 12.6. The average molecular weight is 473 g/mol. The summed E-state index contributed by atoms with van der Waals surface area (Å²) in [5.74, 6) is 2.28. The van der Waals surface area contributed by atoms with Crippen molar-refractivity contribution in [3.63, 3.8) is 0 Å². The third-order valence-corrected chi connectivity index (χ3v) is 5.90. The Bertz CT molecular complexity index is 1040. The first-order chi connectivity index (χ1) is 17.1. The molecular weight excluding hydrogens is 436 g/mol. The van der Waals surface area contributed by atoms with E-state index in [1.54, 1.807) is 24.3 Å². The molecule has 3 aromatic carbocycles. The molecule has 0 bridgehead atoms. The molecule has 0 aliphatic rings. The number of carbonyl (C=O) groups excluding carboxylic acids is 1. The van der Waals surface area contributed by atoms with Gasteiger partial charge in [0, 0.05) is 0 Å². The number of hydrogen-bond acceptors (Lipinski definition) is 4. The highest BCUT2D eigenvalue weighted by Crippen LogP contribution is 2.24. The van der Waals surface area contributed by atoms with Gasteiger partial charge in [0.05, 0.1) is 18.8 Å². The second kappa shape index (κ2) is 14.0. The van der Waals surface area contributed by atoms with Crippen molar-refractivity contribution >= 4 is 5.97 Å². The van der Waals surface area contributed by atoms with Crippen molar-refractivity contribution < 1.29 is 19.0 Å². The van der Waals surface area contributed by atoms with Crippen molar-refractivity contribution in [2.24, 2.45) is 5.92 Å². The molecule has 0 N–H and O–H groups in total. The summed E-state index contributed by atoms with van der Waals surface area (Å²) in [5.41, 5.74) is 2.60. The molecule has 0 unspecified atom stereocenters. The molecule has 3 rings (SSSR count). The van der Waals surface area contributed by atoms with Gasteiger partial charge < -0.3 is 14.2 Å². The Kier molecular flexibility index (Phi) is 10.4. The number of esters is 1. The van der Waals surface area contributed by atoms with E-state index < -0.39 is 0 Å². The van der Waals surface area contributed by atoms with Crippen LogP contribution in [0.1, 0.15) is 56.3 Å². The number of unbranched alkanes of at least 4 members (excludes halogenated alkanes) is 3. The highest BCUT2D eigenvalue weighted by atomic mass is 16.5. The molecule has 0 heterocycles. The fourth-order valence-electron chi connectivity index (χ4n) is 3.43. The molecule has 0 saturated carbocycles. The lowest BCUT2D eigenvalue weighted by Gasteiger charge is -2.11. The van der Waals surface area contributed by atoms with Gasteiger partial charge in [-0.3, -0.25) is 0 Å². The molecule has 0 aliphatic heterocycles. The van der Waals surface area contributed by atoms with Crippen LogP contribution in [0.4, 0.5) is 0 Å². The molecule has 3 aromatic rings. The van der Waals surface area contributed by atoms with Gasteiger partial charge in [0.25, 0.3) is 0 Å². The summed E-state index contributed by atoms with van der Waals surface area (Å²) in [6.45, 7) is 9.48. The topological polar surface area (TPSA) is 44.8 Å². The summed E-state index contributed by atoms with van der Waals surface area (Å²) < 4.78 is 17.1. The van der Waals surface area contributed by atoms with Crippen molar-refractivity contribution in [2.75, 3.05) is 13.2 Å². The van der Waals surface area contributed by atoms with Crippen LogP contribution in [0.2, 0.25) is 0 Å². The number of rotatable bonds is 14. The van der Waals surface area contributed by atoms with Crippen molar-refractivity contribution in [2.45, 2.75) is 46.0 Å². The van der Waals surface area contributed by atoms with Gasteiger partial charge in [0.1, 0.15) is 17.2 Å². The highest BCUT2D eigenvalue weighted by molar-refractivity contribution is 5.91. The van der Waals surface area contributed by atoms with Crippen LogP contribution in [0, 0.1) is 5.92 Å². The Balaban J connectivity index is 1.48. The van der Waals surface area contributed by atoms with Gasteiger partial charge in [-0.25, -0.2) is 4.79 Å². The van der Waals surface area contributed by atoms with E-state index in [0.717, 1.165) is 61.3 Å². The molecule has 35 heavy (non-hydrogen) atoms. The third kappa shape index (κ3) is 8.64. The highest BCUT2D eigenvalue weighted by Gasteiger charge is 2.10. The SMILES string of the molecule is C=CCCCCCOc1ccc(OC(=O)c2ccc(-c3ccc(OC[C@@H](C)CC)cc3)cc2)cc1. The van der Waals surface area contributed by atoms with Crippen LogP contribution in [0.25, 0.3) is 11.1 Å². The summed E-state index contributed by atoms with van der Waals surface area (Å²) in [7, 11) is 0. The Hall–Kier alpha value is -3.53. The van der Waals surface area contributed by atoms with E-state index in [4.69, 9.17) is 14.2 Å². The minimum absolute atomic E-state index is 0.388. The summed E-state index contributed by atoms with van der Waals surface area (Å²) in [6, 6.07) is 22.6. The summed E-state index contributed by atoms with van der Waals surface area (Å²) in [5, 5.41) is 0. The second-order valence-electron chi connectivity index (χ2n) is 8.77. The minimum Gasteiger partial charge on any atom is -0.494 e. The van der Waals surface area contributed by atoms with Crippen LogP contribution in [0.5, 0.6) is 17.2 Å². The fraction of sp³-hybridized carbons (Fsp3) is 0.323. The van der Waals surface area contributed by atoms with Crippen molar-refractivity contribution in [3.8, 4) is 28.4 Å². The first kappa shape index (κ1) is 26.1. The van der Waals surface area contributed by atoms with Crippen molar-refractivity contribution in [1.29, 1.82) is 0 Å². The number of allylic oxidation sites excluding steroid dienone is 1. The molecule has 184 valence electrons. The predicted octanol–water partition coefficient (Wildman–Crippen LogP) is 8.12. The van der Waals surface area contributed by atoms with Crippen LogP contribution in [-0.2, 0) is 0 Å². The first-order valence-electron chi connectivity index (χ1n) is 12.5. The summed E-state index contributed by atoms with van der Waals surface area (Å²) >= 11 is 0. The van der Waals surface area contributed by atoms with E-state index in [0.29, 0.717) is 23.8 Å². The first-order valence-corrected chi connectivity index (χ1v) is 12.5. The molecule has 0 spiro atoms. The molecule has 4 heteroatoms. The average Bonchev–Trinajstić information content (AvgIpc) is 2.90. The number of ether oxygens (including phenoxy) is 3. The lowest BCUT2D eigenvalue weighted by atomic mass is 10.0. The number of carbonyl (C=O) groups is 1. The molecule has 1 atom stereocenters. The van der Waals surface area contributed by atoms with Gasteiger partial charge in [-0.15, -0.1) is 6.58 Å². The van der Waals surface area contributed by atoms with E-state index in [-0.39, 0.29) is 5.97 Å². The summed E-state index contributed by atoms with van der Waals surface area (Å²) in [6.07, 6.45) is 7.37. The Labute approximate surface area is 209 Å². The van der Waals surface area contributed by atoms with Gasteiger partial charge in [-0.2, -0.15) is 0 Å². The maximum absolute atomic E-state index is 12.6. The van der Waals surface area contributed by atoms with E-state index in [2.05, 4.69) is 20.4 Å². The van der Waals surface area contributed by atoms with Gasteiger partial charge in [-0.1, -0.05) is 50.6 Å². The minimum atomic E-state index is -0.388. The van der Waals surface area contributed by atoms with Gasteiger partial charge in [0.15, 0.2) is 0 Å². The van der Waals surface area contributed by atoms with Crippen LogP contribution in [0.15, 0.2) is 85.5 Å². The Morgan fingerprint density at radius 1 is 0.800 bits per heavy atom. The van der Waals surface area contributed by atoms with Gasteiger partial charge in [-0.05, 0) is 91.3 Å². The molecule has 0 amide bonds. The zero-order valence-electron chi connectivity index (χ0n) is 20.9. The standard InChI is InChI=1S/C31H36O4/c1-4-6-7-8-9-22-33-28-18-20-30(21-19-28)35-31(32)27-12-10-25(11-13-27)26-14-16-29(17-15-26)34-23-24(3)5-2/h4,10-21,24H,1,5-9,22-23H2,2-3H3/t24-/m0/s1. The zero-order valence-corrected chi connectivity index (χ0v) is 20.9. The normalized spacial score (nSPS) is 11.5. The lowest BCUT2D eigenvalue weighted by molar-refractivity contribution is 0.0734. The largest absolute Gasteiger partial charge is 0.494 e. The molecule has 0 radical (unpaired) electrons. The molecular formula is C31H36O4. The molecule has 0 aromatic heterocycles. The van der Waals surface area contributed by atoms with Crippen molar-refractivity contribution in [3.05, 3.63) is 91.0 Å². The quantitative estimate of drug-likeness (QED) is 0.103. The van der Waals surface area contributed by atoms with Gasteiger partial charge >= 0.3 is 5.97 Å². The zero-order chi connectivity index (χ0) is 24.9. The van der Waals surface area contributed by atoms with E-state index >= 15 is 0 Å². The van der Waals surface area contributed by atoms with E-state index in [9.17, 15) is 4.79 Å². The van der Waals surface area contributed by atoms with Gasteiger partial charge in [0.2, 0.25) is 0 Å². The molecule has 0 aliphatic carbocycles. The monoisotopic (exact) mass is 472 g/mol. The lowest BCUT2D eigenvalue weighted by Crippen LogP contribution is -2.08. The fourth-order valence-corrected chi connectivity index (χ4v) is 3.43. The van der Waals surface area contributed by atoms with E-state index in [1.807, 2.05) is 54.6 Å². The smallest absolute Gasteiger partial charge is 0.343 e. The van der Waals surface area contributed by atoms with Crippen LogP contribution >= 0.6 is 0 Å². The molecule has 0 fully saturated rings. The van der Waals surface area contributed by atoms with E-state index in [1.165, 1.54) is 0 Å². The van der Waals surface area contributed by atoms with Crippen LogP contribution in [-0.4, -0.2) is 19.2 Å². The summed E-state index contributed by atoms with van der Waals surface area (Å²) in [4.78, 5) is 12.6. The third-order valence-electron chi connectivity index (χ3n) is 5.90. The second-order valence-corrected chi connectivity index (χ2v) is 8.77. The van der Waals surface area contributed by atoms with Crippen LogP contribution in [0.3, 0.4) is 0 Å². The Morgan fingerprint density at radius 3 is 2.00 bits per heavy atom.